The first-order valence-electron chi connectivity index (χ1n) is 10.4. The minimum Gasteiger partial charge on any atom is -0.350 e. The molecular weight excluding hydrogens is 397 g/mol. The van der Waals surface area contributed by atoms with Crippen LogP contribution in [-0.2, 0) is 11.3 Å². The van der Waals surface area contributed by atoms with Crippen LogP contribution in [0.2, 0.25) is 0 Å². The highest BCUT2D eigenvalue weighted by molar-refractivity contribution is 5.97. The molecule has 2 aromatic carbocycles. The van der Waals surface area contributed by atoms with Crippen molar-refractivity contribution in [1.82, 2.24) is 16.0 Å². The van der Waals surface area contributed by atoms with Gasteiger partial charge in [0, 0.05) is 23.7 Å². The van der Waals surface area contributed by atoms with Crippen molar-refractivity contribution in [3.8, 4) is 0 Å². The van der Waals surface area contributed by atoms with Gasteiger partial charge in [0.2, 0.25) is 5.91 Å². The molecule has 0 heterocycles. The molecule has 31 heavy (non-hydrogen) atoms. The van der Waals surface area contributed by atoms with Crippen molar-refractivity contribution in [1.29, 1.82) is 0 Å². The van der Waals surface area contributed by atoms with Crippen molar-refractivity contribution in [2.24, 2.45) is 5.92 Å². The smallest absolute Gasteiger partial charge is 0.251 e. The van der Waals surface area contributed by atoms with Gasteiger partial charge in [0.05, 0.1) is 0 Å². The maximum absolute atomic E-state index is 13.1. The van der Waals surface area contributed by atoms with E-state index in [4.69, 9.17) is 0 Å². The first kappa shape index (κ1) is 24.1. The van der Waals surface area contributed by atoms with Crippen molar-refractivity contribution < 1.29 is 18.8 Å². The van der Waals surface area contributed by atoms with E-state index in [1.165, 1.54) is 24.3 Å². The summed E-state index contributed by atoms with van der Waals surface area (Å²) in [4.78, 5) is 37.5. The first-order valence-corrected chi connectivity index (χ1v) is 10.4. The summed E-state index contributed by atoms with van der Waals surface area (Å²) in [7, 11) is 0. The molecule has 0 spiro atoms. The summed E-state index contributed by atoms with van der Waals surface area (Å²) < 4.78 is 13.1. The number of benzene rings is 2. The molecule has 0 radical (unpaired) electrons. The van der Waals surface area contributed by atoms with Crippen LogP contribution in [0, 0.1) is 11.7 Å². The Morgan fingerprint density at radius 2 is 1.55 bits per heavy atom. The Hall–Kier alpha value is -3.22. The third-order valence-corrected chi connectivity index (χ3v) is 4.99. The Balaban J connectivity index is 2.00. The summed E-state index contributed by atoms with van der Waals surface area (Å²) in [6, 6.07) is 11.5. The van der Waals surface area contributed by atoms with Crippen LogP contribution in [0.5, 0.6) is 0 Å². The van der Waals surface area contributed by atoms with Crippen LogP contribution < -0.4 is 16.0 Å². The molecule has 0 bridgehead atoms. The summed E-state index contributed by atoms with van der Waals surface area (Å²) in [5, 5.41) is 8.44. The van der Waals surface area contributed by atoms with Gasteiger partial charge in [-0.1, -0.05) is 32.9 Å². The van der Waals surface area contributed by atoms with E-state index in [1.807, 2.05) is 33.8 Å². The molecule has 2 unspecified atom stereocenters. The molecule has 0 aliphatic carbocycles. The standard InChI is InChI=1S/C24H30FN3O3/c1-5-16(4)27-23(30)19-8-6-7-17(13-19)14-26-24(31)21(15(2)3)28-22(29)18-9-11-20(25)12-10-18/h6-13,15-16,21H,5,14H2,1-4H3,(H,26,31)(H,27,30)(H,28,29). The minimum absolute atomic E-state index is 0.0763. The van der Waals surface area contributed by atoms with Crippen LogP contribution in [0.4, 0.5) is 4.39 Å². The Morgan fingerprint density at radius 1 is 0.903 bits per heavy atom. The third-order valence-electron chi connectivity index (χ3n) is 4.99. The molecular formula is C24H30FN3O3. The van der Waals surface area contributed by atoms with Gasteiger partial charge in [-0.3, -0.25) is 14.4 Å². The maximum atomic E-state index is 13.1. The lowest BCUT2D eigenvalue weighted by Gasteiger charge is -2.22. The molecule has 3 N–H and O–H groups in total. The van der Waals surface area contributed by atoms with Crippen LogP contribution in [0.15, 0.2) is 48.5 Å². The number of halogens is 1. The van der Waals surface area contributed by atoms with Gasteiger partial charge in [0.1, 0.15) is 11.9 Å². The fourth-order valence-electron chi connectivity index (χ4n) is 2.89. The van der Waals surface area contributed by atoms with Gasteiger partial charge < -0.3 is 16.0 Å². The molecule has 0 saturated carbocycles. The van der Waals surface area contributed by atoms with E-state index in [0.717, 1.165) is 12.0 Å². The molecule has 0 aliphatic rings. The molecule has 0 fully saturated rings. The number of hydrogen-bond acceptors (Lipinski definition) is 3. The van der Waals surface area contributed by atoms with Gasteiger partial charge in [0.25, 0.3) is 11.8 Å². The molecule has 6 nitrogen and oxygen atoms in total. The van der Waals surface area contributed by atoms with Gasteiger partial charge in [-0.15, -0.1) is 0 Å². The second-order valence-electron chi connectivity index (χ2n) is 7.90. The zero-order valence-electron chi connectivity index (χ0n) is 18.4. The number of carbonyl (C=O) groups is 3. The fourth-order valence-corrected chi connectivity index (χ4v) is 2.89. The van der Waals surface area contributed by atoms with Crippen molar-refractivity contribution in [3.63, 3.8) is 0 Å². The van der Waals surface area contributed by atoms with Crippen LogP contribution >= 0.6 is 0 Å². The number of nitrogens with one attached hydrogen (secondary N) is 3. The van der Waals surface area contributed by atoms with E-state index in [9.17, 15) is 18.8 Å². The van der Waals surface area contributed by atoms with Crippen molar-refractivity contribution in [3.05, 3.63) is 71.0 Å². The lowest BCUT2D eigenvalue weighted by Crippen LogP contribution is -2.49. The zero-order valence-corrected chi connectivity index (χ0v) is 18.4. The van der Waals surface area contributed by atoms with Gasteiger partial charge in [-0.2, -0.15) is 0 Å². The fraction of sp³-hybridized carbons (Fsp3) is 0.375. The highest BCUT2D eigenvalue weighted by atomic mass is 19.1. The van der Waals surface area contributed by atoms with E-state index in [2.05, 4.69) is 16.0 Å². The predicted octanol–water partition coefficient (Wildman–Crippen LogP) is 3.42. The van der Waals surface area contributed by atoms with Gasteiger partial charge in [-0.25, -0.2) is 4.39 Å². The van der Waals surface area contributed by atoms with E-state index >= 15 is 0 Å². The monoisotopic (exact) mass is 427 g/mol. The van der Waals surface area contributed by atoms with Gasteiger partial charge in [-0.05, 0) is 61.2 Å². The van der Waals surface area contributed by atoms with Crippen molar-refractivity contribution in [2.75, 3.05) is 0 Å². The second-order valence-corrected chi connectivity index (χ2v) is 7.90. The molecule has 0 aromatic heterocycles. The zero-order chi connectivity index (χ0) is 23.0. The Morgan fingerprint density at radius 3 is 2.16 bits per heavy atom. The molecule has 0 aliphatic heterocycles. The van der Waals surface area contributed by atoms with E-state index in [1.54, 1.807) is 18.2 Å². The molecule has 2 aromatic rings. The Bertz CT molecular complexity index is 913. The van der Waals surface area contributed by atoms with E-state index in [0.29, 0.717) is 5.56 Å². The summed E-state index contributed by atoms with van der Waals surface area (Å²) in [5.74, 6) is -1.53. The predicted molar refractivity (Wildman–Crippen MR) is 118 cm³/mol. The maximum Gasteiger partial charge on any atom is 0.251 e. The second kappa shape index (κ2) is 11.2. The van der Waals surface area contributed by atoms with Crippen molar-refractivity contribution in [2.45, 2.75) is 52.7 Å². The highest BCUT2D eigenvalue weighted by Crippen LogP contribution is 2.09. The minimum atomic E-state index is -0.755. The molecule has 166 valence electrons. The van der Waals surface area contributed by atoms with Gasteiger partial charge >= 0.3 is 0 Å². The van der Waals surface area contributed by atoms with E-state index in [-0.39, 0.29) is 35.9 Å². The topological polar surface area (TPSA) is 87.3 Å². The number of carbonyl (C=O) groups excluding carboxylic acids is 3. The number of rotatable bonds is 9. The van der Waals surface area contributed by atoms with Crippen LogP contribution in [-0.4, -0.2) is 29.8 Å². The number of hydrogen-bond donors (Lipinski definition) is 3. The highest BCUT2D eigenvalue weighted by Gasteiger charge is 2.24. The average molecular weight is 428 g/mol. The SMILES string of the molecule is CCC(C)NC(=O)c1cccc(CNC(=O)C(NC(=O)c2ccc(F)cc2)C(C)C)c1. The summed E-state index contributed by atoms with van der Waals surface area (Å²) in [6.07, 6.45) is 0.835. The van der Waals surface area contributed by atoms with Crippen LogP contribution in [0.1, 0.15) is 60.4 Å². The largest absolute Gasteiger partial charge is 0.350 e. The lowest BCUT2D eigenvalue weighted by molar-refractivity contribution is -0.124. The first-order chi connectivity index (χ1) is 14.7. The Labute approximate surface area is 182 Å². The lowest BCUT2D eigenvalue weighted by atomic mass is 10.0. The average Bonchev–Trinajstić information content (AvgIpc) is 2.75. The third kappa shape index (κ3) is 7.20. The summed E-state index contributed by atoms with van der Waals surface area (Å²) in [6.45, 7) is 7.81. The normalized spacial score (nSPS) is 12.7. The molecule has 2 rings (SSSR count). The summed E-state index contributed by atoms with van der Waals surface area (Å²) >= 11 is 0. The van der Waals surface area contributed by atoms with Crippen LogP contribution in [0.25, 0.3) is 0 Å². The molecule has 7 heteroatoms. The Kier molecular flexibility index (Phi) is 8.73. The van der Waals surface area contributed by atoms with E-state index < -0.39 is 17.8 Å². The van der Waals surface area contributed by atoms with Gasteiger partial charge in [0.15, 0.2) is 0 Å². The molecule has 0 saturated heterocycles. The summed E-state index contributed by atoms with van der Waals surface area (Å²) in [5.41, 5.74) is 1.58. The van der Waals surface area contributed by atoms with Crippen LogP contribution in [0.3, 0.4) is 0 Å². The number of amides is 3. The molecule has 2 atom stereocenters. The quantitative estimate of drug-likeness (QED) is 0.573. The van der Waals surface area contributed by atoms with Crippen molar-refractivity contribution >= 4 is 17.7 Å². The molecule has 3 amide bonds.